The lowest BCUT2D eigenvalue weighted by Gasteiger charge is -2.07. The first kappa shape index (κ1) is 12.8. The average Bonchev–Trinajstić information content (AvgIpc) is 2.37. The Balaban J connectivity index is 2.60. The number of aromatic nitrogens is 2. The van der Waals surface area contributed by atoms with Crippen LogP contribution in [-0.2, 0) is 6.18 Å². The molecule has 0 aliphatic rings. The first-order valence-corrected chi connectivity index (χ1v) is 5.09. The van der Waals surface area contributed by atoms with Gasteiger partial charge in [0, 0.05) is 5.56 Å². The highest BCUT2D eigenvalue weighted by Gasteiger charge is 2.32. The van der Waals surface area contributed by atoms with Gasteiger partial charge in [0.2, 0.25) is 0 Å². The SMILES string of the molecule is N#Cc1cccc(-c2cc(C(F)(F)F)[nH]c(=O)n2)c1. The fourth-order valence-corrected chi connectivity index (χ4v) is 1.51. The number of hydrogen-bond acceptors (Lipinski definition) is 3. The van der Waals surface area contributed by atoms with Crippen molar-refractivity contribution in [2.24, 2.45) is 0 Å². The van der Waals surface area contributed by atoms with Gasteiger partial charge in [-0.15, -0.1) is 0 Å². The number of rotatable bonds is 1. The number of H-pyrrole nitrogens is 1. The largest absolute Gasteiger partial charge is 0.431 e. The maximum absolute atomic E-state index is 12.6. The highest BCUT2D eigenvalue weighted by atomic mass is 19.4. The Bertz CT molecular complexity index is 713. The number of alkyl halides is 3. The number of aromatic amines is 1. The molecule has 0 saturated heterocycles. The van der Waals surface area contributed by atoms with E-state index in [1.807, 2.05) is 6.07 Å². The predicted octanol–water partition coefficient (Wildman–Crippen LogP) is 2.33. The van der Waals surface area contributed by atoms with Crippen molar-refractivity contribution >= 4 is 0 Å². The van der Waals surface area contributed by atoms with E-state index in [9.17, 15) is 18.0 Å². The molecule has 96 valence electrons. The van der Waals surface area contributed by atoms with Crippen LogP contribution in [0.4, 0.5) is 13.2 Å². The van der Waals surface area contributed by atoms with Gasteiger partial charge in [0.1, 0.15) is 5.69 Å². The van der Waals surface area contributed by atoms with Gasteiger partial charge in [-0.3, -0.25) is 0 Å². The van der Waals surface area contributed by atoms with Crippen LogP contribution in [0, 0.1) is 11.3 Å². The number of benzene rings is 1. The summed E-state index contributed by atoms with van der Waals surface area (Å²) in [5.74, 6) is 0. The Hall–Kier alpha value is -2.62. The minimum Gasteiger partial charge on any atom is -0.302 e. The van der Waals surface area contributed by atoms with Crippen molar-refractivity contribution in [2.45, 2.75) is 6.18 Å². The third-order valence-corrected chi connectivity index (χ3v) is 2.34. The van der Waals surface area contributed by atoms with Crippen LogP contribution in [0.3, 0.4) is 0 Å². The molecule has 0 radical (unpaired) electrons. The van der Waals surface area contributed by atoms with E-state index in [2.05, 4.69) is 4.98 Å². The molecule has 1 aromatic carbocycles. The van der Waals surface area contributed by atoms with Crippen molar-refractivity contribution in [2.75, 3.05) is 0 Å². The minimum absolute atomic E-state index is 0.131. The van der Waals surface area contributed by atoms with Gasteiger partial charge in [-0.1, -0.05) is 12.1 Å². The molecule has 0 fully saturated rings. The van der Waals surface area contributed by atoms with Crippen LogP contribution in [0.2, 0.25) is 0 Å². The molecule has 7 heteroatoms. The van der Waals surface area contributed by atoms with E-state index in [0.29, 0.717) is 0 Å². The van der Waals surface area contributed by atoms with Gasteiger partial charge in [0.05, 0.1) is 17.3 Å². The summed E-state index contributed by atoms with van der Waals surface area (Å²) in [5, 5.41) is 8.73. The Kier molecular flexibility index (Phi) is 3.09. The topological polar surface area (TPSA) is 69.5 Å². The van der Waals surface area contributed by atoms with Gasteiger partial charge >= 0.3 is 11.9 Å². The third-order valence-electron chi connectivity index (χ3n) is 2.34. The summed E-state index contributed by atoms with van der Waals surface area (Å²) in [6.07, 6.45) is -4.66. The summed E-state index contributed by atoms with van der Waals surface area (Å²) in [4.78, 5) is 16.3. The van der Waals surface area contributed by atoms with Crippen molar-refractivity contribution in [3.05, 3.63) is 52.1 Å². The molecule has 0 amide bonds. The lowest BCUT2D eigenvalue weighted by atomic mass is 10.1. The molecule has 2 rings (SSSR count). The zero-order chi connectivity index (χ0) is 14.0. The first-order valence-electron chi connectivity index (χ1n) is 5.09. The number of nitrogens with one attached hydrogen (secondary N) is 1. The fourth-order valence-electron chi connectivity index (χ4n) is 1.51. The Labute approximate surface area is 105 Å². The molecule has 0 aliphatic carbocycles. The van der Waals surface area contributed by atoms with Crippen LogP contribution >= 0.6 is 0 Å². The molecule has 19 heavy (non-hydrogen) atoms. The Morgan fingerprint density at radius 3 is 2.63 bits per heavy atom. The lowest BCUT2D eigenvalue weighted by molar-refractivity contribution is -0.141. The zero-order valence-corrected chi connectivity index (χ0v) is 9.32. The third kappa shape index (κ3) is 2.80. The Morgan fingerprint density at radius 2 is 2.00 bits per heavy atom. The summed E-state index contributed by atoms with van der Waals surface area (Å²) >= 11 is 0. The summed E-state index contributed by atoms with van der Waals surface area (Å²) < 4.78 is 37.7. The molecular formula is C12H6F3N3O. The van der Waals surface area contributed by atoms with Crippen molar-refractivity contribution in [1.29, 1.82) is 5.26 Å². The van der Waals surface area contributed by atoms with Gasteiger partial charge in [-0.25, -0.2) is 4.79 Å². The molecule has 2 aromatic rings. The second kappa shape index (κ2) is 4.57. The second-order valence-corrected chi connectivity index (χ2v) is 3.68. The summed E-state index contributed by atoms with van der Waals surface area (Å²) in [5.41, 5.74) is -1.85. The van der Waals surface area contributed by atoms with Crippen LogP contribution in [0.5, 0.6) is 0 Å². The predicted molar refractivity (Wildman–Crippen MR) is 60.0 cm³/mol. The fraction of sp³-hybridized carbons (Fsp3) is 0.0833. The quantitative estimate of drug-likeness (QED) is 0.860. The van der Waals surface area contributed by atoms with Crippen LogP contribution in [0.1, 0.15) is 11.3 Å². The number of halogens is 3. The maximum Gasteiger partial charge on any atom is 0.431 e. The van der Waals surface area contributed by atoms with Crippen LogP contribution < -0.4 is 5.69 Å². The van der Waals surface area contributed by atoms with Crippen molar-refractivity contribution in [3.8, 4) is 17.3 Å². The van der Waals surface area contributed by atoms with Crippen LogP contribution in [-0.4, -0.2) is 9.97 Å². The molecule has 0 spiro atoms. The van der Waals surface area contributed by atoms with Crippen LogP contribution in [0.15, 0.2) is 35.1 Å². The van der Waals surface area contributed by atoms with E-state index in [1.165, 1.54) is 24.3 Å². The zero-order valence-electron chi connectivity index (χ0n) is 9.32. The van der Waals surface area contributed by atoms with E-state index in [-0.39, 0.29) is 16.8 Å². The summed E-state index contributed by atoms with van der Waals surface area (Å²) in [6.45, 7) is 0. The lowest BCUT2D eigenvalue weighted by Crippen LogP contribution is -2.19. The monoisotopic (exact) mass is 265 g/mol. The second-order valence-electron chi connectivity index (χ2n) is 3.68. The standard InChI is InChI=1S/C12H6F3N3O/c13-12(14,15)10-5-9(17-11(19)18-10)8-3-1-2-7(4-8)6-16/h1-5H,(H,17,18,19). The van der Waals surface area contributed by atoms with Gasteiger partial charge < -0.3 is 4.98 Å². The minimum atomic E-state index is -4.66. The van der Waals surface area contributed by atoms with Gasteiger partial charge in [0.15, 0.2) is 0 Å². The van der Waals surface area contributed by atoms with E-state index < -0.39 is 17.6 Å². The smallest absolute Gasteiger partial charge is 0.302 e. The first-order chi connectivity index (χ1) is 8.90. The molecule has 1 N–H and O–H groups in total. The van der Waals surface area contributed by atoms with Gasteiger partial charge in [-0.05, 0) is 18.2 Å². The van der Waals surface area contributed by atoms with Crippen molar-refractivity contribution in [3.63, 3.8) is 0 Å². The highest BCUT2D eigenvalue weighted by Crippen LogP contribution is 2.28. The van der Waals surface area contributed by atoms with E-state index >= 15 is 0 Å². The maximum atomic E-state index is 12.6. The van der Waals surface area contributed by atoms with E-state index in [0.717, 1.165) is 6.07 Å². The van der Waals surface area contributed by atoms with Crippen molar-refractivity contribution < 1.29 is 13.2 Å². The molecule has 0 saturated carbocycles. The molecule has 1 heterocycles. The van der Waals surface area contributed by atoms with Crippen LogP contribution in [0.25, 0.3) is 11.3 Å². The van der Waals surface area contributed by atoms with E-state index in [1.54, 1.807) is 4.98 Å². The molecule has 0 unspecified atom stereocenters. The number of hydrogen-bond donors (Lipinski definition) is 1. The molecule has 0 atom stereocenters. The van der Waals surface area contributed by atoms with E-state index in [4.69, 9.17) is 5.26 Å². The van der Waals surface area contributed by atoms with Crippen molar-refractivity contribution in [1.82, 2.24) is 9.97 Å². The molecule has 0 aliphatic heterocycles. The van der Waals surface area contributed by atoms with Gasteiger partial charge in [0.25, 0.3) is 0 Å². The highest BCUT2D eigenvalue weighted by molar-refractivity contribution is 5.61. The summed E-state index contributed by atoms with van der Waals surface area (Å²) in [6, 6.07) is 8.44. The molecule has 4 nitrogen and oxygen atoms in total. The average molecular weight is 265 g/mol. The summed E-state index contributed by atoms with van der Waals surface area (Å²) in [7, 11) is 0. The number of nitriles is 1. The molecule has 0 bridgehead atoms. The normalized spacial score (nSPS) is 11.1. The van der Waals surface area contributed by atoms with Gasteiger partial charge in [-0.2, -0.15) is 23.4 Å². The Morgan fingerprint density at radius 1 is 1.26 bits per heavy atom. The number of nitrogens with zero attached hydrogens (tertiary/aromatic N) is 2. The molecular weight excluding hydrogens is 259 g/mol. The molecule has 1 aromatic heterocycles.